The van der Waals surface area contributed by atoms with Gasteiger partial charge in [-0.1, -0.05) is 23.8 Å². The number of benzene rings is 1. The summed E-state index contributed by atoms with van der Waals surface area (Å²) in [6, 6.07) is 6.37. The van der Waals surface area contributed by atoms with E-state index in [0.29, 0.717) is 0 Å². The molecule has 0 aliphatic carbocycles. The zero-order valence-corrected chi connectivity index (χ0v) is 7.94. The Morgan fingerprint density at radius 3 is 2.36 bits per heavy atom. The zero-order chi connectivity index (χ0) is 8.43. The molecule has 0 saturated carbocycles. The molecule has 1 rings (SSSR count). The largest absolute Gasteiger partial charge is 0.118 e. The summed E-state index contributed by atoms with van der Waals surface area (Å²) in [6.45, 7) is 6.18. The van der Waals surface area contributed by atoms with Crippen molar-refractivity contribution in [3.8, 4) is 0 Å². The van der Waals surface area contributed by atoms with Gasteiger partial charge in [-0.2, -0.15) is 0 Å². The summed E-state index contributed by atoms with van der Waals surface area (Å²) < 4.78 is 0. The van der Waals surface area contributed by atoms with Gasteiger partial charge in [-0.05, 0) is 31.9 Å². The lowest BCUT2D eigenvalue weighted by molar-refractivity contribution is 1.05. The van der Waals surface area contributed by atoms with Crippen molar-refractivity contribution in [1.82, 2.24) is 0 Å². The van der Waals surface area contributed by atoms with E-state index in [1.165, 1.54) is 16.7 Å². The molecule has 0 N–H and O–H groups in total. The predicted octanol–water partition coefficient (Wildman–Crippen LogP) is 3.60. The molecular formula is C10H13Cl. The molecule has 1 aromatic carbocycles. The number of halogens is 1. The lowest BCUT2D eigenvalue weighted by atomic mass is 10.0. The Morgan fingerprint density at radius 1 is 1.27 bits per heavy atom. The Morgan fingerprint density at radius 2 is 1.91 bits per heavy atom. The first-order chi connectivity index (χ1) is 5.11. The van der Waals surface area contributed by atoms with Crippen LogP contribution in [0.25, 0.3) is 0 Å². The average molecular weight is 169 g/mol. The highest BCUT2D eigenvalue weighted by atomic mass is 35.5. The van der Waals surface area contributed by atoms with Gasteiger partial charge in [0.05, 0.1) is 5.38 Å². The first kappa shape index (κ1) is 8.61. The standard InChI is InChI=1S/C10H13Cl/c1-7-4-5-8(2)10(6-7)9(3)11/h4-6,9H,1-3H3/t9-/m0/s1. The maximum absolute atomic E-state index is 5.98. The second-order valence-corrected chi connectivity index (χ2v) is 3.63. The van der Waals surface area contributed by atoms with Crippen molar-refractivity contribution in [3.05, 3.63) is 34.9 Å². The molecule has 0 fully saturated rings. The van der Waals surface area contributed by atoms with Crippen molar-refractivity contribution in [3.63, 3.8) is 0 Å². The Hall–Kier alpha value is -0.490. The minimum Gasteiger partial charge on any atom is -0.118 e. The second kappa shape index (κ2) is 3.27. The average Bonchev–Trinajstić information content (AvgIpc) is 1.94. The molecule has 0 bridgehead atoms. The van der Waals surface area contributed by atoms with Crippen LogP contribution < -0.4 is 0 Å². The maximum atomic E-state index is 5.98. The van der Waals surface area contributed by atoms with E-state index in [4.69, 9.17) is 11.6 Å². The van der Waals surface area contributed by atoms with Gasteiger partial charge >= 0.3 is 0 Å². The fourth-order valence-corrected chi connectivity index (χ4v) is 1.42. The van der Waals surface area contributed by atoms with Crippen molar-refractivity contribution in [1.29, 1.82) is 0 Å². The molecule has 0 spiro atoms. The van der Waals surface area contributed by atoms with Gasteiger partial charge in [0.1, 0.15) is 0 Å². The lowest BCUT2D eigenvalue weighted by Crippen LogP contribution is -1.89. The van der Waals surface area contributed by atoms with Gasteiger partial charge in [0.25, 0.3) is 0 Å². The Balaban J connectivity index is 3.13. The molecule has 0 saturated heterocycles. The summed E-state index contributed by atoms with van der Waals surface area (Å²) >= 11 is 5.98. The second-order valence-electron chi connectivity index (χ2n) is 2.98. The van der Waals surface area contributed by atoms with Gasteiger partial charge in [0.2, 0.25) is 0 Å². The third-order valence-electron chi connectivity index (χ3n) is 1.86. The highest BCUT2D eigenvalue weighted by molar-refractivity contribution is 6.20. The predicted molar refractivity (Wildman–Crippen MR) is 50.2 cm³/mol. The fourth-order valence-electron chi connectivity index (χ4n) is 1.19. The third-order valence-corrected chi connectivity index (χ3v) is 2.10. The minimum atomic E-state index is 0.120. The molecule has 0 radical (unpaired) electrons. The molecule has 60 valence electrons. The minimum absolute atomic E-state index is 0.120. The zero-order valence-electron chi connectivity index (χ0n) is 7.19. The van der Waals surface area contributed by atoms with Crippen LogP contribution in [-0.4, -0.2) is 0 Å². The molecule has 0 unspecified atom stereocenters. The highest BCUT2D eigenvalue weighted by Crippen LogP contribution is 2.23. The number of hydrogen-bond donors (Lipinski definition) is 0. The normalized spacial score (nSPS) is 13.1. The van der Waals surface area contributed by atoms with Crippen molar-refractivity contribution in [2.75, 3.05) is 0 Å². The highest BCUT2D eigenvalue weighted by Gasteiger charge is 2.03. The maximum Gasteiger partial charge on any atom is 0.0559 e. The summed E-state index contributed by atoms with van der Waals surface area (Å²) in [6.07, 6.45) is 0. The number of hydrogen-bond acceptors (Lipinski definition) is 0. The summed E-state index contributed by atoms with van der Waals surface area (Å²) in [5, 5.41) is 0.120. The van der Waals surface area contributed by atoms with Gasteiger partial charge in [-0.25, -0.2) is 0 Å². The van der Waals surface area contributed by atoms with Crippen molar-refractivity contribution >= 4 is 11.6 Å². The van der Waals surface area contributed by atoms with Crippen molar-refractivity contribution < 1.29 is 0 Å². The fraction of sp³-hybridized carbons (Fsp3) is 0.400. The van der Waals surface area contributed by atoms with Gasteiger partial charge in [0, 0.05) is 0 Å². The molecule has 0 amide bonds. The monoisotopic (exact) mass is 168 g/mol. The molecule has 0 aliphatic heterocycles. The van der Waals surface area contributed by atoms with E-state index in [1.54, 1.807) is 0 Å². The molecule has 0 nitrogen and oxygen atoms in total. The van der Waals surface area contributed by atoms with Gasteiger partial charge in [-0.15, -0.1) is 11.6 Å². The molecule has 0 aliphatic rings. The van der Waals surface area contributed by atoms with Crippen LogP contribution in [0.2, 0.25) is 0 Å². The summed E-state index contributed by atoms with van der Waals surface area (Å²) in [7, 11) is 0. The molecule has 0 heterocycles. The van der Waals surface area contributed by atoms with E-state index in [1.807, 2.05) is 6.92 Å². The van der Waals surface area contributed by atoms with Crippen molar-refractivity contribution in [2.45, 2.75) is 26.1 Å². The van der Waals surface area contributed by atoms with E-state index in [9.17, 15) is 0 Å². The van der Waals surface area contributed by atoms with Crippen LogP contribution in [0, 0.1) is 13.8 Å². The van der Waals surface area contributed by atoms with Crippen LogP contribution in [-0.2, 0) is 0 Å². The van der Waals surface area contributed by atoms with Crippen LogP contribution in [0.15, 0.2) is 18.2 Å². The summed E-state index contributed by atoms with van der Waals surface area (Å²) in [4.78, 5) is 0. The third kappa shape index (κ3) is 1.97. The first-order valence-corrected chi connectivity index (χ1v) is 4.26. The quantitative estimate of drug-likeness (QED) is 0.562. The van der Waals surface area contributed by atoms with Gasteiger partial charge in [0.15, 0.2) is 0 Å². The number of rotatable bonds is 1. The molecule has 0 aromatic heterocycles. The van der Waals surface area contributed by atoms with E-state index in [0.717, 1.165) is 0 Å². The Labute approximate surface area is 73.2 Å². The smallest absolute Gasteiger partial charge is 0.0559 e. The van der Waals surface area contributed by atoms with Gasteiger partial charge in [-0.3, -0.25) is 0 Å². The van der Waals surface area contributed by atoms with Crippen molar-refractivity contribution in [2.24, 2.45) is 0 Å². The van der Waals surface area contributed by atoms with E-state index in [-0.39, 0.29) is 5.38 Å². The molecule has 1 atom stereocenters. The van der Waals surface area contributed by atoms with Gasteiger partial charge < -0.3 is 0 Å². The first-order valence-electron chi connectivity index (χ1n) is 3.82. The Kier molecular flexibility index (Phi) is 2.56. The SMILES string of the molecule is Cc1ccc(C)c([C@H](C)Cl)c1. The van der Waals surface area contributed by atoms with Crippen LogP contribution >= 0.6 is 11.6 Å². The van der Waals surface area contributed by atoms with Crippen LogP contribution in [0.1, 0.15) is 29.0 Å². The van der Waals surface area contributed by atoms with E-state index in [2.05, 4.69) is 32.0 Å². The van der Waals surface area contributed by atoms with Crippen LogP contribution in [0.3, 0.4) is 0 Å². The van der Waals surface area contributed by atoms with Crippen LogP contribution in [0.5, 0.6) is 0 Å². The van der Waals surface area contributed by atoms with E-state index < -0.39 is 0 Å². The summed E-state index contributed by atoms with van der Waals surface area (Å²) in [5.74, 6) is 0. The molecule has 1 heteroatoms. The number of aryl methyl sites for hydroxylation is 2. The number of alkyl halides is 1. The summed E-state index contributed by atoms with van der Waals surface area (Å²) in [5.41, 5.74) is 3.79. The Bertz CT molecular complexity index is 251. The molecule has 1 aromatic rings. The lowest BCUT2D eigenvalue weighted by Gasteiger charge is -2.07. The topological polar surface area (TPSA) is 0 Å². The molecular weight excluding hydrogens is 156 g/mol. The van der Waals surface area contributed by atoms with E-state index >= 15 is 0 Å². The molecule has 11 heavy (non-hydrogen) atoms. The van der Waals surface area contributed by atoms with Crippen LogP contribution in [0.4, 0.5) is 0 Å².